The molecule has 0 radical (unpaired) electrons. The van der Waals surface area contributed by atoms with Gasteiger partial charge in [-0.1, -0.05) is 67.3 Å². The average molecular weight is 557 g/mol. The summed E-state index contributed by atoms with van der Waals surface area (Å²) in [5, 5.41) is 22.0. The van der Waals surface area contributed by atoms with Gasteiger partial charge in [-0.2, -0.15) is 0 Å². The van der Waals surface area contributed by atoms with Gasteiger partial charge in [0.2, 0.25) is 5.91 Å². The zero-order chi connectivity index (χ0) is 28.2. The number of nitrogens with zero attached hydrogens (tertiary/aromatic N) is 2. The van der Waals surface area contributed by atoms with Crippen molar-refractivity contribution < 1.29 is 24.5 Å². The van der Waals surface area contributed by atoms with Crippen molar-refractivity contribution in [3.63, 3.8) is 0 Å². The number of rotatable bonds is 7. The molecular formula is C31H41ClN2O5. The highest BCUT2D eigenvalue weighted by molar-refractivity contribution is 6.32. The molecule has 2 aromatic rings. The van der Waals surface area contributed by atoms with E-state index in [1.165, 1.54) is 4.90 Å². The van der Waals surface area contributed by atoms with Gasteiger partial charge >= 0.3 is 6.09 Å². The van der Waals surface area contributed by atoms with Gasteiger partial charge in [0.15, 0.2) is 0 Å². The van der Waals surface area contributed by atoms with Crippen molar-refractivity contribution in [2.75, 3.05) is 13.1 Å². The first-order valence-corrected chi connectivity index (χ1v) is 14.4. The van der Waals surface area contributed by atoms with Crippen LogP contribution in [0.25, 0.3) is 0 Å². The molecular weight excluding hydrogens is 516 g/mol. The van der Waals surface area contributed by atoms with Crippen LogP contribution < -0.4 is 4.74 Å². The van der Waals surface area contributed by atoms with Crippen LogP contribution in [0.2, 0.25) is 5.02 Å². The lowest BCUT2D eigenvalue weighted by Crippen LogP contribution is -2.56. The normalized spacial score (nSPS) is 18.8. The number of amides is 2. The third kappa shape index (κ3) is 6.87. The number of ether oxygens (including phenoxy) is 1. The van der Waals surface area contributed by atoms with Crippen LogP contribution in [0.15, 0.2) is 48.5 Å². The van der Waals surface area contributed by atoms with Crippen LogP contribution in [0.5, 0.6) is 5.75 Å². The van der Waals surface area contributed by atoms with Crippen molar-refractivity contribution in [2.45, 2.75) is 95.4 Å². The van der Waals surface area contributed by atoms with E-state index in [0.29, 0.717) is 61.7 Å². The molecule has 1 heterocycles. The number of piperidine rings is 1. The van der Waals surface area contributed by atoms with Crippen LogP contribution in [0.1, 0.15) is 82.8 Å². The second-order valence-corrected chi connectivity index (χ2v) is 12.3. The van der Waals surface area contributed by atoms with E-state index in [2.05, 4.69) is 0 Å². The maximum Gasteiger partial charge on any atom is 0.407 e. The molecule has 0 aromatic heterocycles. The Balaban J connectivity index is 1.53. The Kier molecular flexibility index (Phi) is 9.12. The summed E-state index contributed by atoms with van der Waals surface area (Å²) in [6, 6.07) is 15.1. The fourth-order valence-corrected chi connectivity index (χ4v) is 6.45. The molecule has 212 valence electrons. The van der Waals surface area contributed by atoms with Crippen LogP contribution in [0, 0.1) is 0 Å². The Labute approximate surface area is 236 Å². The predicted molar refractivity (Wildman–Crippen MR) is 152 cm³/mol. The SMILES string of the molecule is CC(C)(C)N(C(=O)O)C1CCN(C(=O)C(c2ccc(OCc3ccccc3)c(Cl)c2)C2(O)CCCCC2)CC1. The van der Waals surface area contributed by atoms with Gasteiger partial charge in [0.1, 0.15) is 12.4 Å². The summed E-state index contributed by atoms with van der Waals surface area (Å²) >= 11 is 6.65. The van der Waals surface area contributed by atoms with E-state index in [-0.39, 0.29) is 11.9 Å². The molecule has 0 bridgehead atoms. The van der Waals surface area contributed by atoms with E-state index in [0.717, 1.165) is 24.8 Å². The fourth-order valence-electron chi connectivity index (χ4n) is 6.20. The first kappa shape index (κ1) is 29.2. The minimum absolute atomic E-state index is 0.121. The number of hydrogen-bond donors (Lipinski definition) is 2. The number of hydrogen-bond acceptors (Lipinski definition) is 4. The summed E-state index contributed by atoms with van der Waals surface area (Å²) in [7, 11) is 0. The Bertz CT molecular complexity index is 1140. The molecule has 2 aliphatic rings. The fraction of sp³-hybridized carbons (Fsp3) is 0.548. The topological polar surface area (TPSA) is 90.3 Å². The van der Waals surface area contributed by atoms with E-state index >= 15 is 0 Å². The third-order valence-corrected chi connectivity index (χ3v) is 8.40. The first-order chi connectivity index (χ1) is 18.5. The zero-order valence-electron chi connectivity index (χ0n) is 23.2. The maximum atomic E-state index is 14.1. The monoisotopic (exact) mass is 556 g/mol. The summed E-state index contributed by atoms with van der Waals surface area (Å²) in [5.41, 5.74) is 0.0354. The van der Waals surface area contributed by atoms with E-state index < -0.39 is 23.2 Å². The molecule has 7 nitrogen and oxygen atoms in total. The molecule has 2 N–H and O–H groups in total. The molecule has 2 amide bonds. The number of aliphatic hydroxyl groups is 1. The van der Waals surface area contributed by atoms with Gasteiger partial charge in [-0.25, -0.2) is 4.79 Å². The van der Waals surface area contributed by atoms with Crippen LogP contribution in [-0.2, 0) is 11.4 Å². The molecule has 2 aromatic carbocycles. The second kappa shape index (κ2) is 12.2. The maximum absolute atomic E-state index is 14.1. The van der Waals surface area contributed by atoms with Crippen molar-refractivity contribution >= 4 is 23.6 Å². The molecule has 1 saturated carbocycles. The van der Waals surface area contributed by atoms with Gasteiger partial charge in [-0.05, 0) is 69.7 Å². The summed E-state index contributed by atoms with van der Waals surface area (Å²) in [4.78, 5) is 29.4. The van der Waals surface area contributed by atoms with E-state index in [9.17, 15) is 19.8 Å². The Morgan fingerprint density at radius 2 is 1.72 bits per heavy atom. The van der Waals surface area contributed by atoms with Crippen molar-refractivity contribution in [2.24, 2.45) is 0 Å². The summed E-state index contributed by atoms with van der Waals surface area (Å²) in [6.07, 6.45) is 4.08. The van der Waals surface area contributed by atoms with Gasteiger partial charge < -0.3 is 24.7 Å². The molecule has 4 rings (SSSR count). The molecule has 1 unspecified atom stereocenters. The van der Waals surface area contributed by atoms with Crippen LogP contribution >= 0.6 is 11.6 Å². The predicted octanol–water partition coefficient (Wildman–Crippen LogP) is 6.47. The lowest BCUT2D eigenvalue weighted by molar-refractivity contribution is -0.143. The Hall–Kier alpha value is -2.77. The van der Waals surface area contributed by atoms with Crippen molar-refractivity contribution in [3.8, 4) is 5.75 Å². The highest BCUT2D eigenvalue weighted by Gasteiger charge is 2.46. The Morgan fingerprint density at radius 1 is 1.08 bits per heavy atom. The van der Waals surface area contributed by atoms with Crippen molar-refractivity contribution in [3.05, 3.63) is 64.7 Å². The summed E-state index contributed by atoms with van der Waals surface area (Å²) in [5.74, 6) is -0.333. The van der Waals surface area contributed by atoms with Gasteiger partial charge in [-0.15, -0.1) is 0 Å². The average Bonchev–Trinajstić information content (AvgIpc) is 2.88. The van der Waals surface area contributed by atoms with E-state index in [1.54, 1.807) is 17.0 Å². The second-order valence-electron chi connectivity index (χ2n) is 11.9. The number of benzene rings is 2. The molecule has 0 spiro atoms. The lowest BCUT2D eigenvalue weighted by atomic mass is 9.72. The van der Waals surface area contributed by atoms with Gasteiger partial charge in [0, 0.05) is 24.7 Å². The molecule has 1 saturated heterocycles. The number of halogens is 1. The quantitative estimate of drug-likeness (QED) is 0.408. The lowest BCUT2D eigenvalue weighted by Gasteiger charge is -2.45. The molecule has 1 atom stereocenters. The Morgan fingerprint density at radius 3 is 2.28 bits per heavy atom. The van der Waals surface area contributed by atoms with Gasteiger partial charge in [0.25, 0.3) is 0 Å². The number of carbonyl (C=O) groups excluding carboxylic acids is 1. The van der Waals surface area contributed by atoms with Gasteiger partial charge in [-0.3, -0.25) is 4.79 Å². The highest BCUT2D eigenvalue weighted by atomic mass is 35.5. The number of carboxylic acid groups (broad SMARTS) is 1. The van der Waals surface area contributed by atoms with Crippen molar-refractivity contribution in [1.82, 2.24) is 9.80 Å². The molecule has 39 heavy (non-hydrogen) atoms. The smallest absolute Gasteiger partial charge is 0.407 e. The minimum atomic E-state index is -1.15. The first-order valence-electron chi connectivity index (χ1n) is 14.0. The van der Waals surface area contributed by atoms with Crippen molar-refractivity contribution in [1.29, 1.82) is 0 Å². The van der Waals surface area contributed by atoms with Crippen LogP contribution in [-0.4, -0.2) is 62.3 Å². The number of likely N-dealkylation sites (tertiary alicyclic amines) is 1. The standard InChI is InChI=1S/C31H41ClN2O5/c1-30(2,3)34(29(36)37)24-14-18-33(19-15-24)28(35)27(31(38)16-8-5-9-17-31)23-12-13-26(25(32)20-23)39-21-22-10-6-4-7-11-22/h4,6-7,10-13,20,24,27,38H,5,8-9,14-19,21H2,1-3H3,(H,36,37). The van der Waals surface area contributed by atoms with Gasteiger partial charge in [0.05, 0.1) is 16.5 Å². The summed E-state index contributed by atoms with van der Waals surface area (Å²) in [6.45, 7) is 6.95. The molecule has 8 heteroatoms. The van der Waals surface area contributed by atoms with Crippen LogP contribution in [0.4, 0.5) is 4.79 Å². The number of carbonyl (C=O) groups is 2. The highest BCUT2D eigenvalue weighted by Crippen LogP contribution is 2.43. The summed E-state index contributed by atoms with van der Waals surface area (Å²) < 4.78 is 5.94. The minimum Gasteiger partial charge on any atom is -0.487 e. The molecule has 2 fully saturated rings. The molecule has 1 aliphatic carbocycles. The largest absolute Gasteiger partial charge is 0.487 e. The van der Waals surface area contributed by atoms with E-state index in [4.69, 9.17) is 16.3 Å². The van der Waals surface area contributed by atoms with Crippen LogP contribution in [0.3, 0.4) is 0 Å². The third-order valence-electron chi connectivity index (χ3n) is 8.10. The zero-order valence-corrected chi connectivity index (χ0v) is 24.0. The van der Waals surface area contributed by atoms with E-state index in [1.807, 2.05) is 57.2 Å². The molecule has 1 aliphatic heterocycles.